The lowest BCUT2D eigenvalue weighted by molar-refractivity contribution is 0.648. The maximum atomic E-state index is 9.95. The number of aromatic amines is 1. The van der Waals surface area contributed by atoms with Crippen molar-refractivity contribution in [2.75, 3.05) is 3.53 Å². The summed E-state index contributed by atoms with van der Waals surface area (Å²) in [6.07, 6.45) is 1.60. The van der Waals surface area contributed by atoms with Gasteiger partial charge in [0.2, 0.25) is 0 Å². The van der Waals surface area contributed by atoms with Gasteiger partial charge in [0.15, 0.2) is 0 Å². The lowest BCUT2D eigenvalue weighted by atomic mass is 10.7. The second-order valence-corrected chi connectivity index (χ2v) is 2.12. The van der Waals surface area contributed by atoms with Crippen LogP contribution < -0.4 is 3.53 Å². The monoisotopic (exact) mass is 225 g/mol. The molecule has 0 aliphatic rings. The molecule has 0 saturated heterocycles. The predicted molar refractivity (Wildman–Crippen MR) is 36.9 cm³/mol. The zero-order valence-corrected chi connectivity index (χ0v) is 6.05. The smallest absolute Gasteiger partial charge is 0.271 e. The van der Waals surface area contributed by atoms with E-state index in [9.17, 15) is 3.07 Å². The first kappa shape index (κ1) is 5.67. The lowest BCUT2D eigenvalue weighted by Gasteiger charge is -1.83. The van der Waals surface area contributed by atoms with Crippen molar-refractivity contribution in [1.29, 1.82) is 0 Å². The molecule has 1 aromatic heterocycles. The Balaban J connectivity index is 2.62. The number of anilines is 1. The Kier molecular flexibility index (Phi) is 1.95. The Hall–Kier alpha value is -0.460. The third-order valence-electron chi connectivity index (χ3n) is 0.641. The molecule has 0 fully saturated rings. The summed E-state index contributed by atoms with van der Waals surface area (Å²) in [5.74, 6) is 0.716. The molecular formula is C3H4IN3O. The van der Waals surface area contributed by atoms with Crippen molar-refractivity contribution in [3.05, 3.63) is 12.3 Å². The number of halogens is 1. The number of hydrogen-bond acceptors (Lipinski definition) is 2. The normalized spacial score (nSPS) is 9.00. The predicted octanol–water partition coefficient (Wildman–Crippen LogP) is 1.05. The van der Waals surface area contributed by atoms with E-state index in [-0.39, 0.29) is 0 Å². The van der Waals surface area contributed by atoms with Crippen molar-refractivity contribution < 1.29 is 3.07 Å². The Labute approximate surface area is 56.7 Å². The number of aromatic nitrogens is 2. The van der Waals surface area contributed by atoms with Crippen LogP contribution in [0.25, 0.3) is 0 Å². The van der Waals surface area contributed by atoms with Gasteiger partial charge in [-0.2, -0.15) is 5.10 Å². The van der Waals surface area contributed by atoms with Crippen molar-refractivity contribution in [2.24, 2.45) is 0 Å². The van der Waals surface area contributed by atoms with Crippen molar-refractivity contribution in [3.8, 4) is 0 Å². The summed E-state index contributed by atoms with van der Waals surface area (Å²) in [5, 5.41) is 6.24. The zero-order chi connectivity index (χ0) is 5.82. The van der Waals surface area contributed by atoms with Crippen LogP contribution in [0, 0.1) is 0 Å². The molecule has 44 valence electrons. The first-order valence-corrected chi connectivity index (χ1v) is 3.91. The Morgan fingerprint density at radius 1 is 1.88 bits per heavy atom. The van der Waals surface area contributed by atoms with E-state index in [0.717, 1.165) is 0 Å². The average Bonchev–Trinajstić information content (AvgIpc) is 2.19. The molecule has 0 aliphatic heterocycles. The molecule has 0 radical (unpaired) electrons. The van der Waals surface area contributed by atoms with Crippen LogP contribution >= 0.6 is 21.5 Å². The maximum Gasteiger partial charge on any atom is 0.271 e. The second kappa shape index (κ2) is 2.75. The molecule has 0 aromatic carbocycles. The molecule has 1 rings (SSSR count). The molecule has 0 amide bonds. The molecule has 1 aromatic rings. The molecule has 5 heteroatoms. The Morgan fingerprint density at radius 3 is 3.25 bits per heavy atom. The molecule has 0 bridgehead atoms. The first-order valence-electron chi connectivity index (χ1n) is 1.95. The minimum absolute atomic E-state index is 0.716. The van der Waals surface area contributed by atoms with E-state index in [0.29, 0.717) is 5.82 Å². The number of nitrogens with zero attached hydrogens (tertiary/aromatic N) is 1. The highest BCUT2D eigenvalue weighted by Gasteiger charge is 1.85. The molecule has 0 spiro atoms. The van der Waals surface area contributed by atoms with E-state index < -0.39 is 21.5 Å². The highest BCUT2D eigenvalue weighted by atomic mass is 127. The average molecular weight is 225 g/mol. The van der Waals surface area contributed by atoms with Crippen molar-refractivity contribution in [1.82, 2.24) is 10.2 Å². The van der Waals surface area contributed by atoms with E-state index >= 15 is 0 Å². The first-order chi connectivity index (χ1) is 3.93. The van der Waals surface area contributed by atoms with Crippen LogP contribution in [0.15, 0.2) is 12.3 Å². The Bertz CT molecular complexity index is 161. The van der Waals surface area contributed by atoms with Gasteiger partial charge in [-0.25, -0.2) is 3.07 Å². The van der Waals surface area contributed by atoms with Gasteiger partial charge in [-0.05, 0) is 0 Å². The number of H-pyrrole nitrogens is 1. The van der Waals surface area contributed by atoms with Crippen molar-refractivity contribution in [2.45, 2.75) is 0 Å². The molecule has 4 nitrogen and oxygen atoms in total. The fourth-order valence-corrected chi connectivity index (χ4v) is 0.888. The third kappa shape index (κ3) is 1.25. The summed E-state index contributed by atoms with van der Waals surface area (Å²) in [6, 6.07) is 1.72. The number of rotatable bonds is 2. The Morgan fingerprint density at radius 2 is 2.75 bits per heavy atom. The van der Waals surface area contributed by atoms with Crippen LogP contribution in [-0.2, 0) is 3.07 Å². The highest BCUT2D eigenvalue weighted by molar-refractivity contribution is 14.1. The van der Waals surface area contributed by atoms with Crippen molar-refractivity contribution >= 4 is 27.3 Å². The maximum absolute atomic E-state index is 9.95. The van der Waals surface area contributed by atoms with Crippen LogP contribution in [0.2, 0.25) is 0 Å². The minimum atomic E-state index is -1.12. The van der Waals surface area contributed by atoms with Crippen LogP contribution in [0.4, 0.5) is 5.82 Å². The molecule has 0 atom stereocenters. The molecule has 0 unspecified atom stereocenters. The summed E-state index contributed by atoms with van der Waals surface area (Å²) < 4.78 is 12.6. The number of hydrogen-bond donors (Lipinski definition) is 2. The second-order valence-electron chi connectivity index (χ2n) is 1.14. The molecule has 0 aliphatic carbocycles. The molecule has 8 heavy (non-hydrogen) atoms. The standard InChI is InChI=1S/C3H4IN3O/c8-4-6-3-1-2-5-7-3/h1-2H,(H2,5,6,7,8). The summed E-state index contributed by atoms with van der Waals surface area (Å²) in [4.78, 5) is 0. The van der Waals surface area contributed by atoms with Gasteiger partial charge in [0, 0.05) is 6.07 Å². The fraction of sp³-hybridized carbons (Fsp3) is 0. The molecule has 0 saturated carbocycles. The molecular weight excluding hydrogens is 221 g/mol. The van der Waals surface area contributed by atoms with E-state index in [1.54, 1.807) is 12.3 Å². The number of nitrogens with one attached hydrogen (secondary N) is 2. The van der Waals surface area contributed by atoms with Gasteiger partial charge in [0.05, 0.1) is 6.20 Å². The summed E-state index contributed by atoms with van der Waals surface area (Å²) >= 11 is -1.12. The highest BCUT2D eigenvalue weighted by Crippen LogP contribution is 2.03. The molecule has 2 N–H and O–H groups in total. The van der Waals surface area contributed by atoms with Crippen LogP contribution in [0.5, 0.6) is 0 Å². The largest absolute Gasteiger partial charge is 0.287 e. The zero-order valence-electron chi connectivity index (χ0n) is 3.89. The van der Waals surface area contributed by atoms with Crippen LogP contribution in [0.3, 0.4) is 0 Å². The van der Waals surface area contributed by atoms with Gasteiger partial charge in [0.25, 0.3) is 21.5 Å². The quantitative estimate of drug-likeness (QED) is 0.584. The topological polar surface area (TPSA) is 57.8 Å². The van der Waals surface area contributed by atoms with E-state index in [2.05, 4.69) is 13.7 Å². The van der Waals surface area contributed by atoms with Gasteiger partial charge >= 0.3 is 0 Å². The fourth-order valence-electron chi connectivity index (χ4n) is 0.350. The lowest BCUT2D eigenvalue weighted by Crippen LogP contribution is -1.77. The summed E-state index contributed by atoms with van der Waals surface area (Å²) in [5.41, 5.74) is 0. The van der Waals surface area contributed by atoms with E-state index in [4.69, 9.17) is 0 Å². The van der Waals surface area contributed by atoms with Crippen LogP contribution in [0.1, 0.15) is 0 Å². The van der Waals surface area contributed by atoms with Gasteiger partial charge in [-0.3, -0.25) is 8.63 Å². The van der Waals surface area contributed by atoms with E-state index in [1.807, 2.05) is 0 Å². The van der Waals surface area contributed by atoms with Gasteiger partial charge in [0.1, 0.15) is 5.82 Å². The van der Waals surface area contributed by atoms with Gasteiger partial charge in [-0.1, -0.05) is 0 Å². The summed E-state index contributed by atoms with van der Waals surface area (Å²) in [7, 11) is 0. The van der Waals surface area contributed by atoms with Crippen molar-refractivity contribution in [3.63, 3.8) is 0 Å². The third-order valence-corrected chi connectivity index (χ3v) is 1.44. The van der Waals surface area contributed by atoms with Gasteiger partial charge < -0.3 is 0 Å². The summed E-state index contributed by atoms with van der Waals surface area (Å²) in [6.45, 7) is 0. The van der Waals surface area contributed by atoms with Gasteiger partial charge in [-0.15, -0.1) is 0 Å². The molecule has 1 heterocycles. The van der Waals surface area contributed by atoms with Crippen LogP contribution in [-0.4, -0.2) is 10.2 Å². The van der Waals surface area contributed by atoms with E-state index in [1.165, 1.54) is 0 Å². The minimum Gasteiger partial charge on any atom is -0.287 e. The SMILES string of the molecule is O=INc1ccn[nH]1.